The molecule has 66 valence electrons. The zero-order chi connectivity index (χ0) is 9.42. The van der Waals surface area contributed by atoms with E-state index in [1.165, 1.54) is 12.1 Å². The number of hydrogen-bond acceptors (Lipinski definition) is 2. The molecule has 0 aliphatic carbocycles. The van der Waals surface area contributed by atoms with E-state index in [4.69, 9.17) is 5.11 Å². The van der Waals surface area contributed by atoms with Crippen molar-refractivity contribution >= 4 is 10.9 Å². The van der Waals surface area contributed by atoms with Crippen molar-refractivity contribution in [1.82, 2.24) is 4.98 Å². The topological polar surface area (TPSA) is 33.1 Å². The minimum atomic E-state index is -0.321. The van der Waals surface area contributed by atoms with Gasteiger partial charge in [-0.2, -0.15) is 0 Å². The lowest BCUT2D eigenvalue weighted by molar-refractivity contribution is 0.476. The molecule has 3 heteroatoms. The molecule has 0 bridgehead atoms. The molecule has 2 rings (SSSR count). The summed E-state index contributed by atoms with van der Waals surface area (Å²) in [6, 6.07) is 4.70. The van der Waals surface area contributed by atoms with E-state index in [1.807, 2.05) is 0 Å². The highest BCUT2D eigenvalue weighted by atomic mass is 19.1. The van der Waals surface area contributed by atoms with Crippen LogP contribution in [0.3, 0.4) is 0 Å². The fourth-order valence-corrected chi connectivity index (χ4v) is 1.30. The van der Waals surface area contributed by atoms with Crippen molar-refractivity contribution < 1.29 is 9.50 Å². The van der Waals surface area contributed by atoms with Crippen LogP contribution in [-0.2, 0) is 0 Å². The van der Waals surface area contributed by atoms with Crippen molar-refractivity contribution in [3.8, 4) is 5.75 Å². The van der Waals surface area contributed by atoms with Gasteiger partial charge in [0.1, 0.15) is 11.6 Å². The molecular formula is C10H8FNO. The van der Waals surface area contributed by atoms with Gasteiger partial charge in [0.05, 0.1) is 11.7 Å². The first kappa shape index (κ1) is 7.98. The average molecular weight is 177 g/mol. The summed E-state index contributed by atoms with van der Waals surface area (Å²) in [5.41, 5.74) is 1.17. The second kappa shape index (κ2) is 2.69. The van der Waals surface area contributed by atoms with Crippen molar-refractivity contribution in [1.29, 1.82) is 0 Å². The monoisotopic (exact) mass is 177 g/mol. The number of halogens is 1. The van der Waals surface area contributed by atoms with Gasteiger partial charge in [-0.05, 0) is 24.6 Å². The summed E-state index contributed by atoms with van der Waals surface area (Å²) >= 11 is 0. The number of aryl methyl sites for hydroxylation is 1. The lowest BCUT2D eigenvalue weighted by atomic mass is 10.1. The second-order valence-electron chi connectivity index (χ2n) is 2.93. The highest BCUT2D eigenvalue weighted by molar-refractivity contribution is 5.83. The Morgan fingerprint density at radius 1 is 1.38 bits per heavy atom. The number of aromatic hydroxyl groups is 1. The van der Waals surface area contributed by atoms with Crippen LogP contribution in [-0.4, -0.2) is 10.1 Å². The third kappa shape index (κ3) is 1.22. The van der Waals surface area contributed by atoms with Gasteiger partial charge >= 0.3 is 0 Å². The summed E-state index contributed by atoms with van der Waals surface area (Å²) < 4.78 is 13.0. The molecule has 0 atom stereocenters. The quantitative estimate of drug-likeness (QED) is 0.670. The molecule has 1 aromatic heterocycles. The number of fused-ring (bicyclic) bond motifs is 1. The number of nitrogens with zero attached hydrogens (tertiary/aromatic N) is 1. The predicted molar refractivity (Wildman–Crippen MR) is 48.1 cm³/mol. The minimum Gasteiger partial charge on any atom is -0.508 e. The van der Waals surface area contributed by atoms with E-state index in [2.05, 4.69) is 4.98 Å². The summed E-state index contributed by atoms with van der Waals surface area (Å²) in [5.74, 6) is -0.177. The van der Waals surface area contributed by atoms with E-state index >= 15 is 0 Å². The summed E-state index contributed by atoms with van der Waals surface area (Å²) in [7, 11) is 0. The Bertz CT molecular complexity index is 468. The molecule has 0 aliphatic heterocycles. The van der Waals surface area contributed by atoms with Crippen LogP contribution in [0.15, 0.2) is 24.4 Å². The number of aromatic nitrogens is 1. The van der Waals surface area contributed by atoms with Crippen molar-refractivity contribution in [2.75, 3.05) is 0 Å². The maximum Gasteiger partial charge on any atom is 0.145 e. The van der Waals surface area contributed by atoms with E-state index in [0.717, 1.165) is 11.6 Å². The highest BCUT2D eigenvalue weighted by Crippen LogP contribution is 2.22. The Balaban J connectivity index is 2.87. The third-order valence-electron chi connectivity index (χ3n) is 2.06. The van der Waals surface area contributed by atoms with Gasteiger partial charge in [-0.25, -0.2) is 4.39 Å². The number of phenols is 1. The Kier molecular flexibility index (Phi) is 1.65. The van der Waals surface area contributed by atoms with E-state index in [0.29, 0.717) is 11.1 Å². The zero-order valence-corrected chi connectivity index (χ0v) is 7.08. The molecule has 1 heterocycles. The Labute approximate surface area is 74.7 Å². The minimum absolute atomic E-state index is 0.144. The lowest BCUT2D eigenvalue weighted by Gasteiger charge is -2.02. The number of rotatable bonds is 0. The lowest BCUT2D eigenvalue weighted by Crippen LogP contribution is -1.87. The van der Waals surface area contributed by atoms with Crippen LogP contribution in [0.5, 0.6) is 5.75 Å². The Morgan fingerprint density at radius 2 is 2.15 bits per heavy atom. The maximum absolute atomic E-state index is 13.0. The van der Waals surface area contributed by atoms with Crippen molar-refractivity contribution in [2.24, 2.45) is 0 Å². The fraction of sp³-hybridized carbons (Fsp3) is 0.100. The second-order valence-corrected chi connectivity index (χ2v) is 2.93. The van der Waals surface area contributed by atoms with E-state index in [-0.39, 0.29) is 11.6 Å². The SMILES string of the molecule is Cc1c(F)cnc2cc(O)ccc12. The van der Waals surface area contributed by atoms with Crippen LogP contribution in [0.25, 0.3) is 10.9 Å². The molecule has 1 N–H and O–H groups in total. The van der Waals surface area contributed by atoms with Crippen LogP contribution in [0.2, 0.25) is 0 Å². The average Bonchev–Trinajstić information content (AvgIpc) is 2.12. The van der Waals surface area contributed by atoms with Gasteiger partial charge in [-0.1, -0.05) is 0 Å². The summed E-state index contributed by atoms with van der Waals surface area (Å²) in [6.45, 7) is 1.69. The number of pyridine rings is 1. The molecule has 0 unspecified atom stereocenters. The largest absolute Gasteiger partial charge is 0.508 e. The molecule has 0 aliphatic rings. The molecule has 13 heavy (non-hydrogen) atoms. The van der Waals surface area contributed by atoms with E-state index in [1.54, 1.807) is 13.0 Å². The molecule has 2 nitrogen and oxygen atoms in total. The Hall–Kier alpha value is -1.64. The molecule has 0 saturated heterocycles. The van der Waals surface area contributed by atoms with Crippen molar-refractivity contribution in [3.63, 3.8) is 0 Å². The number of hydrogen-bond donors (Lipinski definition) is 1. The zero-order valence-electron chi connectivity index (χ0n) is 7.08. The van der Waals surface area contributed by atoms with Gasteiger partial charge in [0.25, 0.3) is 0 Å². The molecule has 1 aromatic carbocycles. The van der Waals surface area contributed by atoms with E-state index < -0.39 is 0 Å². The smallest absolute Gasteiger partial charge is 0.145 e. The highest BCUT2D eigenvalue weighted by Gasteiger charge is 2.03. The van der Waals surface area contributed by atoms with Gasteiger partial charge in [0, 0.05) is 11.5 Å². The van der Waals surface area contributed by atoms with Gasteiger partial charge in [0.15, 0.2) is 0 Å². The molecule has 2 aromatic rings. The molecule has 0 saturated carbocycles. The number of benzene rings is 1. The van der Waals surface area contributed by atoms with Gasteiger partial charge < -0.3 is 5.11 Å². The van der Waals surface area contributed by atoms with Gasteiger partial charge in [0.2, 0.25) is 0 Å². The van der Waals surface area contributed by atoms with Crippen LogP contribution >= 0.6 is 0 Å². The third-order valence-corrected chi connectivity index (χ3v) is 2.06. The molecular weight excluding hydrogens is 169 g/mol. The van der Waals surface area contributed by atoms with E-state index in [9.17, 15) is 4.39 Å². The first-order valence-corrected chi connectivity index (χ1v) is 3.92. The van der Waals surface area contributed by atoms with Crippen LogP contribution in [0.1, 0.15) is 5.56 Å². The normalized spacial score (nSPS) is 10.6. The van der Waals surface area contributed by atoms with Crippen LogP contribution < -0.4 is 0 Å². The van der Waals surface area contributed by atoms with Gasteiger partial charge in [-0.15, -0.1) is 0 Å². The molecule has 0 amide bonds. The predicted octanol–water partition coefficient (Wildman–Crippen LogP) is 2.39. The fourth-order valence-electron chi connectivity index (χ4n) is 1.30. The van der Waals surface area contributed by atoms with Crippen molar-refractivity contribution in [3.05, 3.63) is 35.8 Å². The summed E-state index contributed by atoms with van der Waals surface area (Å²) in [6.07, 6.45) is 1.16. The standard InChI is InChI=1S/C10H8FNO/c1-6-8-3-2-7(13)4-10(8)12-5-9(6)11/h2-5,13H,1H3. The van der Waals surface area contributed by atoms with Crippen molar-refractivity contribution in [2.45, 2.75) is 6.92 Å². The van der Waals surface area contributed by atoms with Crippen LogP contribution in [0.4, 0.5) is 4.39 Å². The molecule has 0 spiro atoms. The molecule has 0 radical (unpaired) electrons. The first-order chi connectivity index (χ1) is 6.18. The maximum atomic E-state index is 13.0. The summed E-state index contributed by atoms with van der Waals surface area (Å²) in [4.78, 5) is 3.87. The first-order valence-electron chi connectivity index (χ1n) is 3.92. The van der Waals surface area contributed by atoms with Crippen LogP contribution in [0, 0.1) is 12.7 Å². The number of phenolic OH excluding ortho intramolecular Hbond substituents is 1. The molecule has 0 fully saturated rings. The summed E-state index contributed by atoms with van der Waals surface area (Å²) in [5, 5.41) is 9.89. The van der Waals surface area contributed by atoms with Gasteiger partial charge in [-0.3, -0.25) is 4.98 Å². The Morgan fingerprint density at radius 3 is 2.92 bits per heavy atom.